The van der Waals surface area contributed by atoms with Crippen LogP contribution in [0.2, 0.25) is 0 Å². The molecule has 0 aromatic rings. The zero-order valence-electron chi connectivity index (χ0n) is 38.4. The minimum Gasteiger partial charge on any atom is -0.459 e. The number of carbonyl (C=O) groups is 2. The van der Waals surface area contributed by atoms with Gasteiger partial charge < -0.3 is 63.3 Å². The Morgan fingerprint density at radius 3 is 2.15 bits per heavy atom. The molecule has 344 valence electrons. The Balaban J connectivity index is 2.25. The van der Waals surface area contributed by atoms with Crippen LogP contribution in [0.5, 0.6) is 0 Å². The Hall–Kier alpha value is -1.99. The summed E-state index contributed by atoms with van der Waals surface area (Å²) in [7, 11) is 5.24. The van der Waals surface area contributed by atoms with Crippen LogP contribution in [-0.4, -0.2) is 155 Å². The number of nitrogens with zero attached hydrogens (tertiary/aromatic N) is 2. The van der Waals surface area contributed by atoms with E-state index >= 15 is 0 Å². The molecule has 16 nitrogen and oxygen atoms in total. The summed E-state index contributed by atoms with van der Waals surface area (Å²) in [6.07, 6.45) is -7.51. The number of ether oxygens (including phenoxy) is 7. The number of carbonyl (C=O) groups excluding carboxylic acids is 2. The van der Waals surface area contributed by atoms with Crippen molar-refractivity contribution in [2.24, 2.45) is 28.8 Å². The molecule has 0 aromatic carbocycles. The van der Waals surface area contributed by atoms with E-state index in [0.29, 0.717) is 18.7 Å². The number of cyclic esters (lactones) is 1. The fourth-order valence-electron chi connectivity index (χ4n) is 9.31. The third-order valence-electron chi connectivity index (χ3n) is 12.9. The minimum atomic E-state index is -1.93. The lowest BCUT2D eigenvalue weighted by Crippen LogP contribution is -2.61. The van der Waals surface area contributed by atoms with Gasteiger partial charge in [-0.25, -0.2) is 0 Å². The van der Waals surface area contributed by atoms with Crippen LogP contribution in [0.1, 0.15) is 122 Å². The summed E-state index contributed by atoms with van der Waals surface area (Å²) >= 11 is 0. The van der Waals surface area contributed by atoms with Crippen LogP contribution in [-0.2, 0) is 47.6 Å². The lowest BCUT2D eigenvalue weighted by Gasteiger charge is -2.49. The van der Waals surface area contributed by atoms with Gasteiger partial charge in [0.25, 0.3) is 0 Å². The number of unbranched alkanes of at least 4 members (excludes halogenated alkanes) is 1. The molecule has 0 aliphatic carbocycles. The molecule has 3 fully saturated rings. The molecule has 18 atom stereocenters. The Labute approximate surface area is 352 Å². The monoisotopic (exact) mass is 847 g/mol. The number of rotatable bonds is 12. The first kappa shape index (κ1) is 51.4. The van der Waals surface area contributed by atoms with Crippen molar-refractivity contribution in [3.8, 4) is 0 Å². The van der Waals surface area contributed by atoms with Gasteiger partial charge in [-0.1, -0.05) is 46.2 Å². The summed E-state index contributed by atoms with van der Waals surface area (Å²) in [6, 6.07) is -0.323. The molecule has 0 spiro atoms. The summed E-state index contributed by atoms with van der Waals surface area (Å²) in [5, 5.41) is 52.8. The summed E-state index contributed by atoms with van der Waals surface area (Å²) in [5.74, 6) is -4.50. The number of likely N-dealkylation sites (N-methyl/N-ethyl adjacent to an activating group) is 1. The summed E-state index contributed by atoms with van der Waals surface area (Å²) in [6.45, 7) is 20.9. The highest BCUT2D eigenvalue weighted by Crippen LogP contribution is 2.41. The zero-order chi connectivity index (χ0) is 44.8. The van der Waals surface area contributed by atoms with Crippen LogP contribution in [0.25, 0.3) is 0 Å². The number of aliphatic hydroxyl groups is 4. The number of aliphatic hydroxyl groups excluding tert-OH is 2. The first-order valence-corrected chi connectivity index (χ1v) is 21.6. The minimum absolute atomic E-state index is 0.0121. The molecular weight excluding hydrogens is 768 g/mol. The van der Waals surface area contributed by atoms with Crippen LogP contribution >= 0.6 is 0 Å². The first-order valence-electron chi connectivity index (χ1n) is 21.6. The van der Waals surface area contributed by atoms with Crippen molar-refractivity contribution >= 4 is 17.7 Å². The smallest absolute Gasteiger partial charge is 0.311 e. The molecule has 16 heteroatoms. The lowest BCUT2D eigenvalue weighted by molar-refractivity contribution is -0.318. The summed E-state index contributed by atoms with van der Waals surface area (Å²) < 4.78 is 43.8. The van der Waals surface area contributed by atoms with Gasteiger partial charge in [-0.15, -0.1) is 0 Å². The molecule has 4 N–H and O–H groups in total. The molecule has 0 amide bonds. The van der Waals surface area contributed by atoms with Gasteiger partial charge in [-0.2, -0.15) is 0 Å². The largest absolute Gasteiger partial charge is 0.459 e. The molecule has 3 heterocycles. The van der Waals surface area contributed by atoms with E-state index in [4.69, 9.17) is 38.0 Å². The predicted molar refractivity (Wildman–Crippen MR) is 219 cm³/mol. The lowest BCUT2D eigenvalue weighted by atomic mass is 9.73. The number of esters is 2. The van der Waals surface area contributed by atoms with Gasteiger partial charge in [0.1, 0.15) is 30.0 Å². The quantitative estimate of drug-likeness (QED) is 0.125. The van der Waals surface area contributed by atoms with Gasteiger partial charge in [0, 0.05) is 44.2 Å². The summed E-state index contributed by atoms with van der Waals surface area (Å²) in [4.78, 5) is 34.2. The molecular formula is C43H78N2O14. The Kier molecular flexibility index (Phi) is 18.6. The van der Waals surface area contributed by atoms with Crippen LogP contribution in [0.15, 0.2) is 5.16 Å². The number of oxime groups is 1. The Bertz CT molecular complexity index is 1380. The maximum atomic E-state index is 14.4. The predicted octanol–water partition coefficient (Wildman–Crippen LogP) is 3.96. The topological polar surface area (TPSA) is 204 Å². The highest BCUT2D eigenvalue weighted by molar-refractivity contribution is 5.88. The maximum absolute atomic E-state index is 14.4. The highest BCUT2D eigenvalue weighted by atomic mass is 16.7. The molecule has 0 radical (unpaired) electrons. The van der Waals surface area contributed by atoms with Gasteiger partial charge in [0.15, 0.2) is 18.7 Å². The Morgan fingerprint density at radius 2 is 1.59 bits per heavy atom. The zero-order valence-corrected chi connectivity index (χ0v) is 38.4. The Morgan fingerprint density at radius 1 is 0.949 bits per heavy atom. The van der Waals surface area contributed by atoms with E-state index in [0.717, 1.165) is 12.8 Å². The molecule has 59 heavy (non-hydrogen) atoms. The van der Waals surface area contributed by atoms with E-state index in [1.807, 2.05) is 39.8 Å². The van der Waals surface area contributed by atoms with Crippen molar-refractivity contribution < 1.29 is 68.0 Å². The van der Waals surface area contributed by atoms with Gasteiger partial charge in [-0.05, 0) is 81.3 Å². The molecule has 0 bridgehead atoms. The molecule has 3 aliphatic rings. The van der Waals surface area contributed by atoms with E-state index in [-0.39, 0.29) is 31.4 Å². The molecule has 0 aromatic heterocycles. The van der Waals surface area contributed by atoms with Crippen LogP contribution in [0.3, 0.4) is 0 Å². The van der Waals surface area contributed by atoms with E-state index in [2.05, 4.69) is 5.16 Å². The third kappa shape index (κ3) is 12.4. The van der Waals surface area contributed by atoms with Gasteiger partial charge in [-0.3, -0.25) is 9.59 Å². The van der Waals surface area contributed by atoms with Crippen molar-refractivity contribution in [1.82, 2.24) is 4.90 Å². The maximum Gasteiger partial charge on any atom is 0.311 e. The average molecular weight is 847 g/mol. The van der Waals surface area contributed by atoms with Crippen molar-refractivity contribution in [1.29, 1.82) is 0 Å². The fourth-order valence-corrected chi connectivity index (χ4v) is 9.31. The number of methoxy groups -OCH3 is 1. The second kappa shape index (κ2) is 21.4. The van der Waals surface area contributed by atoms with Gasteiger partial charge in [0.2, 0.25) is 0 Å². The van der Waals surface area contributed by atoms with E-state index in [1.165, 1.54) is 21.0 Å². The van der Waals surface area contributed by atoms with Crippen molar-refractivity contribution in [3.05, 3.63) is 0 Å². The second-order valence-corrected chi connectivity index (χ2v) is 18.4. The van der Waals surface area contributed by atoms with Crippen molar-refractivity contribution in [2.45, 2.75) is 206 Å². The molecule has 3 aliphatic heterocycles. The summed E-state index contributed by atoms with van der Waals surface area (Å²) in [5.41, 5.74) is -4.34. The first-order chi connectivity index (χ1) is 27.4. The van der Waals surface area contributed by atoms with Crippen LogP contribution in [0, 0.1) is 23.7 Å². The normalized spacial score (nSPS) is 45.1. The van der Waals surface area contributed by atoms with E-state index in [9.17, 15) is 30.0 Å². The van der Waals surface area contributed by atoms with Crippen LogP contribution < -0.4 is 0 Å². The fraction of sp³-hybridized carbons (Fsp3) is 0.930. The van der Waals surface area contributed by atoms with E-state index < -0.39 is 108 Å². The van der Waals surface area contributed by atoms with Crippen LogP contribution in [0.4, 0.5) is 0 Å². The molecule has 0 unspecified atom stereocenters. The second-order valence-electron chi connectivity index (χ2n) is 18.4. The molecule has 0 saturated carbocycles. The molecule has 3 rings (SSSR count). The van der Waals surface area contributed by atoms with Gasteiger partial charge in [0.05, 0.1) is 47.8 Å². The van der Waals surface area contributed by atoms with E-state index in [1.54, 1.807) is 48.5 Å². The molecule has 3 saturated heterocycles. The van der Waals surface area contributed by atoms with Crippen molar-refractivity contribution in [3.63, 3.8) is 0 Å². The SMILES string of the molecule is CCCCO/N=C1/[C@H](C)C[C@](C)(O)[C@H](O[C@@H]2O[C@H](C)C[C@H](N(C)C)[C@H]2O)[C@@H](C)[C@H](O[C@H]2C[C@@](C)(OC)[C@@H](OC(C)=O)[C@H](C)O2)[C@@H](C)C(=O)O[C@@H](CC)[C@@](C)(O)[C@H](O)[C@@H]1C. The average Bonchev–Trinajstić information content (AvgIpc) is 3.15. The van der Waals surface area contributed by atoms with Gasteiger partial charge >= 0.3 is 11.9 Å². The van der Waals surface area contributed by atoms with Crippen molar-refractivity contribution in [2.75, 3.05) is 27.8 Å². The number of hydrogen-bond donors (Lipinski definition) is 4. The third-order valence-corrected chi connectivity index (χ3v) is 12.9. The highest BCUT2D eigenvalue weighted by Gasteiger charge is 2.54. The number of hydrogen-bond acceptors (Lipinski definition) is 16. The standard InChI is InChI=1S/C43H78N2O14/c1-16-18-19-53-44-33-23(3)21-41(10,50)37(59-40-34(47)30(45(13)14)20-24(4)54-40)26(6)35(27(7)39(49)57-31(17-2)43(12,51)36(48)25(33)5)58-32-22-42(11,52-15)38(28(8)55-32)56-29(9)46/h23-28,30-32,34-38,40,47-48,50-51H,16-22H2,1-15H3/b44-33-/t23-,24-,25-,26+,27-,28+,30+,31+,32+,34-,35+,36-,37-,38+,40+,41+,42-,43-/m1/s1.